The molecule has 24 heavy (non-hydrogen) atoms. The molecule has 0 atom stereocenters. The number of hydrogen-bond donors (Lipinski definition) is 2. The first-order valence-corrected chi connectivity index (χ1v) is 8.54. The maximum atomic E-state index is 11.8. The van der Waals surface area contributed by atoms with Crippen LogP contribution in [0, 0.1) is 6.92 Å². The third kappa shape index (κ3) is 5.77. The van der Waals surface area contributed by atoms with Crippen LogP contribution in [0.5, 0.6) is 11.5 Å². The maximum absolute atomic E-state index is 11.8. The highest BCUT2D eigenvalue weighted by atomic mass is 79.9. The molecule has 2 amide bonds. The highest BCUT2D eigenvalue weighted by Gasteiger charge is 2.03. The number of hydrogen-bond acceptors (Lipinski definition) is 3. The number of carbonyl (C=O) groups excluding carboxylic acids is 1. The summed E-state index contributed by atoms with van der Waals surface area (Å²) in [5, 5.41) is 5.54. The zero-order valence-corrected chi connectivity index (χ0v) is 15.4. The lowest BCUT2D eigenvalue weighted by Crippen LogP contribution is -2.32. The summed E-state index contributed by atoms with van der Waals surface area (Å²) in [4.78, 5) is 11.8. The Balaban J connectivity index is 1.69. The Bertz CT molecular complexity index is 674. The average Bonchev–Trinajstić information content (AvgIpc) is 2.57. The number of rotatable bonds is 7. The second-order valence-electron chi connectivity index (χ2n) is 5.10. The van der Waals surface area contributed by atoms with Gasteiger partial charge in [0.05, 0.1) is 13.2 Å². The van der Waals surface area contributed by atoms with E-state index in [-0.39, 0.29) is 6.03 Å². The smallest absolute Gasteiger partial charge is 0.319 e. The van der Waals surface area contributed by atoms with Crippen molar-refractivity contribution in [3.05, 3.63) is 52.5 Å². The number of nitrogens with one attached hydrogen (secondary N) is 2. The molecule has 6 heteroatoms. The molecule has 0 aliphatic rings. The summed E-state index contributed by atoms with van der Waals surface area (Å²) in [5.74, 6) is 1.55. The summed E-state index contributed by atoms with van der Waals surface area (Å²) in [6.45, 7) is 5.35. The Morgan fingerprint density at radius 1 is 1.08 bits per heavy atom. The minimum absolute atomic E-state index is 0.257. The SMILES string of the molecule is CCOc1ccc(OCCNC(=O)Nc2ccc(Br)c(C)c2)cc1. The Kier molecular flexibility index (Phi) is 6.93. The summed E-state index contributed by atoms with van der Waals surface area (Å²) in [6.07, 6.45) is 0. The van der Waals surface area contributed by atoms with E-state index in [0.717, 1.165) is 27.2 Å². The van der Waals surface area contributed by atoms with Gasteiger partial charge in [-0.1, -0.05) is 15.9 Å². The predicted octanol–water partition coefficient (Wildman–Crippen LogP) is 4.36. The number of urea groups is 1. The van der Waals surface area contributed by atoms with E-state index in [1.807, 2.05) is 56.3 Å². The van der Waals surface area contributed by atoms with Crippen LogP contribution >= 0.6 is 15.9 Å². The Hall–Kier alpha value is -2.21. The molecule has 0 saturated carbocycles. The van der Waals surface area contributed by atoms with Crippen molar-refractivity contribution < 1.29 is 14.3 Å². The molecule has 0 aliphatic heterocycles. The molecular formula is C18H21BrN2O3. The van der Waals surface area contributed by atoms with Gasteiger partial charge >= 0.3 is 6.03 Å². The molecule has 0 bridgehead atoms. The van der Waals surface area contributed by atoms with Crippen molar-refractivity contribution in [3.8, 4) is 11.5 Å². The highest BCUT2D eigenvalue weighted by molar-refractivity contribution is 9.10. The van der Waals surface area contributed by atoms with E-state index in [2.05, 4.69) is 26.6 Å². The summed E-state index contributed by atoms with van der Waals surface area (Å²) in [5.41, 5.74) is 1.81. The lowest BCUT2D eigenvalue weighted by molar-refractivity contribution is 0.247. The number of ether oxygens (including phenoxy) is 2. The van der Waals surface area contributed by atoms with Gasteiger partial charge in [0.2, 0.25) is 0 Å². The largest absolute Gasteiger partial charge is 0.494 e. The third-order valence-electron chi connectivity index (χ3n) is 3.21. The van der Waals surface area contributed by atoms with Gasteiger partial charge in [0.25, 0.3) is 0 Å². The van der Waals surface area contributed by atoms with Crippen LogP contribution in [-0.2, 0) is 0 Å². The van der Waals surface area contributed by atoms with Crippen molar-refractivity contribution in [3.63, 3.8) is 0 Å². The Labute approximate surface area is 150 Å². The number of benzene rings is 2. The van der Waals surface area contributed by atoms with E-state index in [1.165, 1.54) is 0 Å². The molecule has 0 heterocycles. The molecule has 0 aromatic heterocycles. The zero-order chi connectivity index (χ0) is 17.4. The number of amides is 2. The van der Waals surface area contributed by atoms with Crippen molar-refractivity contribution in [1.82, 2.24) is 5.32 Å². The molecule has 0 saturated heterocycles. The molecule has 0 unspecified atom stereocenters. The van der Waals surface area contributed by atoms with E-state index in [0.29, 0.717) is 19.8 Å². The summed E-state index contributed by atoms with van der Waals surface area (Å²) in [6, 6.07) is 12.8. The van der Waals surface area contributed by atoms with Gasteiger partial charge < -0.3 is 20.1 Å². The molecule has 0 fully saturated rings. The molecule has 2 aromatic rings. The number of carbonyl (C=O) groups is 1. The van der Waals surface area contributed by atoms with Crippen molar-refractivity contribution >= 4 is 27.6 Å². The van der Waals surface area contributed by atoms with E-state index in [9.17, 15) is 4.79 Å². The van der Waals surface area contributed by atoms with Crippen molar-refractivity contribution in [2.24, 2.45) is 0 Å². The molecule has 0 radical (unpaired) electrons. The lowest BCUT2D eigenvalue weighted by atomic mass is 10.2. The molecule has 2 rings (SSSR count). The van der Waals surface area contributed by atoms with Crippen LogP contribution in [0.25, 0.3) is 0 Å². The van der Waals surface area contributed by atoms with Gasteiger partial charge in [-0.25, -0.2) is 4.79 Å². The van der Waals surface area contributed by atoms with Gasteiger partial charge in [0.15, 0.2) is 0 Å². The van der Waals surface area contributed by atoms with Crippen LogP contribution in [0.1, 0.15) is 12.5 Å². The Morgan fingerprint density at radius 2 is 1.75 bits per heavy atom. The second kappa shape index (κ2) is 9.17. The highest BCUT2D eigenvalue weighted by Crippen LogP contribution is 2.20. The number of halogens is 1. The fraction of sp³-hybridized carbons (Fsp3) is 0.278. The minimum atomic E-state index is -0.257. The van der Waals surface area contributed by atoms with Crippen molar-refractivity contribution in [1.29, 1.82) is 0 Å². The molecule has 0 aliphatic carbocycles. The van der Waals surface area contributed by atoms with E-state index >= 15 is 0 Å². The fourth-order valence-electron chi connectivity index (χ4n) is 2.03. The zero-order valence-electron chi connectivity index (χ0n) is 13.8. The van der Waals surface area contributed by atoms with Crippen molar-refractivity contribution in [2.45, 2.75) is 13.8 Å². The Morgan fingerprint density at radius 3 is 2.38 bits per heavy atom. The van der Waals surface area contributed by atoms with Gasteiger partial charge in [-0.3, -0.25) is 0 Å². The van der Waals surface area contributed by atoms with Gasteiger partial charge in [-0.2, -0.15) is 0 Å². The first-order valence-electron chi connectivity index (χ1n) is 7.75. The van der Waals surface area contributed by atoms with Crippen LogP contribution in [0.4, 0.5) is 10.5 Å². The van der Waals surface area contributed by atoms with E-state index < -0.39 is 0 Å². The molecule has 5 nitrogen and oxygen atoms in total. The summed E-state index contributed by atoms with van der Waals surface area (Å²) >= 11 is 3.43. The van der Waals surface area contributed by atoms with E-state index in [4.69, 9.17) is 9.47 Å². The predicted molar refractivity (Wildman–Crippen MR) is 99.0 cm³/mol. The molecule has 2 N–H and O–H groups in total. The van der Waals surface area contributed by atoms with Gasteiger partial charge in [0, 0.05) is 10.2 Å². The lowest BCUT2D eigenvalue weighted by Gasteiger charge is -2.10. The minimum Gasteiger partial charge on any atom is -0.494 e. The normalized spacial score (nSPS) is 10.1. The summed E-state index contributed by atoms with van der Waals surface area (Å²) in [7, 11) is 0. The van der Waals surface area contributed by atoms with Gasteiger partial charge in [0.1, 0.15) is 18.1 Å². The van der Waals surface area contributed by atoms with Crippen LogP contribution in [0.3, 0.4) is 0 Å². The van der Waals surface area contributed by atoms with Crippen LogP contribution in [-0.4, -0.2) is 25.8 Å². The van der Waals surface area contributed by atoms with E-state index in [1.54, 1.807) is 0 Å². The van der Waals surface area contributed by atoms with Crippen LogP contribution in [0.15, 0.2) is 46.9 Å². The fourth-order valence-corrected chi connectivity index (χ4v) is 2.28. The first kappa shape index (κ1) is 18.1. The van der Waals surface area contributed by atoms with Crippen LogP contribution in [0.2, 0.25) is 0 Å². The van der Waals surface area contributed by atoms with Crippen LogP contribution < -0.4 is 20.1 Å². The standard InChI is InChI=1S/C18H21BrN2O3/c1-3-23-15-5-7-16(8-6-15)24-11-10-20-18(22)21-14-4-9-17(19)13(2)12-14/h4-9,12H,3,10-11H2,1-2H3,(H2,20,21,22). The van der Waals surface area contributed by atoms with Gasteiger partial charge in [-0.05, 0) is 61.9 Å². The number of anilines is 1. The quantitative estimate of drug-likeness (QED) is 0.688. The van der Waals surface area contributed by atoms with Crippen molar-refractivity contribution in [2.75, 3.05) is 25.1 Å². The second-order valence-corrected chi connectivity index (χ2v) is 5.95. The average molecular weight is 393 g/mol. The molecular weight excluding hydrogens is 372 g/mol. The molecule has 128 valence electrons. The topological polar surface area (TPSA) is 59.6 Å². The monoisotopic (exact) mass is 392 g/mol. The third-order valence-corrected chi connectivity index (χ3v) is 4.10. The molecule has 0 spiro atoms. The van der Waals surface area contributed by atoms with Gasteiger partial charge in [-0.15, -0.1) is 0 Å². The summed E-state index contributed by atoms with van der Waals surface area (Å²) < 4.78 is 11.9. The first-order chi connectivity index (χ1) is 11.6. The maximum Gasteiger partial charge on any atom is 0.319 e. The number of aryl methyl sites for hydroxylation is 1. The molecule has 2 aromatic carbocycles.